The fourth-order valence-corrected chi connectivity index (χ4v) is 2.60. The third kappa shape index (κ3) is 3.41. The molecule has 6 heteroatoms. The van der Waals surface area contributed by atoms with Gasteiger partial charge < -0.3 is 14.9 Å². The van der Waals surface area contributed by atoms with Crippen LogP contribution in [0.3, 0.4) is 0 Å². The summed E-state index contributed by atoms with van der Waals surface area (Å²) in [6.45, 7) is 2.90. The van der Waals surface area contributed by atoms with Gasteiger partial charge in [0.2, 0.25) is 11.8 Å². The smallest absolute Gasteiger partial charge is 0.326 e. The summed E-state index contributed by atoms with van der Waals surface area (Å²) in [7, 11) is 1.46. The van der Waals surface area contributed by atoms with Crippen LogP contribution >= 0.6 is 0 Å². The molecule has 0 fully saturated rings. The van der Waals surface area contributed by atoms with Gasteiger partial charge >= 0.3 is 5.97 Å². The van der Waals surface area contributed by atoms with Crippen LogP contribution in [0.1, 0.15) is 37.4 Å². The molecule has 1 aromatic rings. The van der Waals surface area contributed by atoms with Crippen molar-refractivity contribution in [2.45, 2.75) is 32.4 Å². The minimum atomic E-state index is -1.06. The van der Waals surface area contributed by atoms with Gasteiger partial charge in [-0.15, -0.1) is 0 Å². The Bertz CT molecular complexity index is 668. The van der Waals surface area contributed by atoms with Crippen LogP contribution in [0.15, 0.2) is 30.5 Å². The van der Waals surface area contributed by atoms with Crippen molar-refractivity contribution in [2.75, 3.05) is 7.05 Å². The van der Waals surface area contributed by atoms with Crippen LogP contribution in [0.4, 0.5) is 0 Å². The van der Waals surface area contributed by atoms with Crippen LogP contribution in [-0.2, 0) is 14.4 Å². The van der Waals surface area contributed by atoms with Crippen LogP contribution in [0.25, 0.3) is 6.08 Å². The van der Waals surface area contributed by atoms with Crippen molar-refractivity contribution in [3.63, 3.8) is 0 Å². The molecule has 0 aromatic heterocycles. The van der Waals surface area contributed by atoms with Gasteiger partial charge in [-0.25, -0.2) is 4.79 Å². The van der Waals surface area contributed by atoms with E-state index >= 15 is 0 Å². The van der Waals surface area contributed by atoms with Gasteiger partial charge in [0, 0.05) is 20.2 Å². The molecule has 122 valence electrons. The minimum Gasteiger partial charge on any atom is -0.480 e. The molecule has 1 aliphatic heterocycles. The summed E-state index contributed by atoms with van der Waals surface area (Å²) >= 11 is 0. The highest BCUT2D eigenvalue weighted by molar-refractivity contribution is 5.85. The molecule has 0 radical (unpaired) electrons. The third-order valence-electron chi connectivity index (χ3n) is 4.17. The summed E-state index contributed by atoms with van der Waals surface area (Å²) in [4.78, 5) is 38.1. The maximum atomic E-state index is 12.4. The lowest BCUT2D eigenvalue weighted by atomic mass is 9.93. The van der Waals surface area contributed by atoms with Crippen molar-refractivity contribution in [3.05, 3.63) is 41.6 Å². The molecule has 0 saturated carbocycles. The van der Waals surface area contributed by atoms with Gasteiger partial charge in [0.15, 0.2) is 0 Å². The van der Waals surface area contributed by atoms with E-state index in [9.17, 15) is 14.4 Å². The van der Waals surface area contributed by atoms with Crippen molar-refractivity contribution in [3.8, 4) is 0 Å². The van der Waals surface area contributed by atoms with Crippen LogP contribution in [0.5, 0.6) is 0 Å². The summed E-state index contributed by atoms with van der Waals surface area (Å²) in [6.07, 6.45) is 3.54. The number of likely N-dealkylation sites (N-methyl/N-ethyl adjacent to an activating group) is 1. The van der Waals surface area contributed by atoms with E-state index in [1.165, 1.54) is 30.7 Å². The van der Waals surface area contributed by atoms with Crippen LogP contribution in [0, 0.1) is 0 Å². The number of hydrogen-bond acceptors (Lipinski definition) is 3. The molecule has 6 nitrogen and oxygen atoms in total. The first kappa shape index (κ1) is 16.7. The second kappa shape index (κ2) is 6.64. The van der Waals surface area contributed by atoms with Crippen molar-refractivity contribution in [1.82, 2.24) is 9.80 Å². The number of carboxylic acids is 1. The highest BCUT2D eigenvalue weighted by atomic mass is 16.4. The van der Waals surface area contributed by atoms with Gasteiger partial charge in [0.1, 0.15) is 6.04 Å². The van der Waals surface area contributed by atoms with E-state index in [0.29, 0.717) is 0 Å². The Hall–Kier alpha value is -2.63. The molecule has 1 N–H and O–H groups in total. The van der Waals surface area contributed by atoms with Crippen LogP contribution in [-0.4, -0.2) is 45.8 Å². The average molecular weight is 316 g/mol. The number of hydrogen-bond donors (Lipinski definition) is 1. The van der Waals surface area contributed by atoms with Gasteiger partial charge in [-0.2, -0.15) is 0 Å². The fraction of sp³-hybridized carbons (Fsp3) is 0.353. The molecule has 1 heterocycles. The van der Waals surface area contributed by atoms with E-state index in [-0.39, 0.29) is 18.2 Å². The number of carbonyl (C=O) groups is 3. The second-order valence-electron chi connectivity index (χ2n) is 5.61. The van der Waals surface area contributed by atoms with E-state index < -0.39 is 18.1 Å². The Balaban J connectivity index is 2.28. The highest BCUT2D eigenvalue weighted by Gasteiger charge is 2.31. The zero-order valence-corrected chi connectivity index (χ0v) is 13.4. The number of nitrogens with zero attached hydrogens (tertiary/aromatic N) is 2. The van der Waals surface area contributed by atoms with Gasteiger partial charge in [0.25, 0.3) is 0 Å². The first-order chi connectivity index (χ1) is 10.8. The largest absolute Gasteiger partial charge is 0.480 e. The van der Waals surface area contributed by atoms with Crippen LogP contribution in [0.2, 0.25) is 0 Å². The van der Waals surface area contributed by atoms with Crippen molar-refractivity contribution in [1.29, 1.82) is 0 Å². The van der Waals surface area contributed by atoms with E-state index in [1.807, 2.05) is 30.3 Å². The molecule has 2 rings (SSSR count). The molecule has 0 bridgehead atoms. The molecular weight excluding hydrogens is 296 g/mol. The average Bonchev–Trinajstić information content (AvgIpc) is 2.53. The molecule has 2 amide bonds. The summed E-state index contributed by atoms with van der Waals surface area (Å²) < 4.78 is 0. The Morgan fingerprint density at radius 3 is 2.57 bits per heavy atom. The quantitative estimate of drug-likeness (QED) is 0.920. The maximum absolute atomic E-state index is 12.4. The number of aliphatic carboxylic acids is 1. The Kier molecular flexibility index (Phi) is 4.83. The predicted molar refractivity (Wildman–Crippen MR) is 85.2 cm³/mol. The number of rotatable bonds is 4. The fourth-order valence-electron chi connectivity index (χ4n) is 2.60. The lowest BCUT2D eigenvalue weighted by Crippen LogP contribution is -2.42. The Morgan fingerprint density at radius 2 is 1.96 bits per heavy atom. The van der Waals surface area contributed by atoms with Crippen molar-refractivity contribution < 1.29 is 19.5 Å². The van der Waals surface area contributed by atoms with Gasteiger partial charge in [-0.05, 0) is 24.1 Å². The monoisotopic (exact) mass is 316 g/mol. The van der Waals surface area contributed by atoms with E-state index in [2.05, 4.69) is 0 Å². The maximum Gasteiger partial charge on any atom is 0.326 e. The number of carboxylic acid groups (broad SMARTS) is 1. The molecule has 1 aliphatic rings. The zero-order valence-electron chi connectivity index (χ0n) is 13.4. The number of fused-ring (bicyclic) bond motifs is 1. The summed E-state index contributed by atoms with van der Waals surface area (Å²) in [5.41, 5.74) is 1.84. The first-order valence-corrected chi connectivity index (χ1v) is 7.37. The van der Waals surface area contributed by atoms with Gasteiger partial charge in [0.05, 0.1) is 12.5 Å². The highest BCUT2D eigenvalue weighted by Crippen LogP contribution is 2.33. The first-order valence-electron chi connectivity index (χ1n) is 7.37. The Labute approximate surface area is 135 Å². The molecule has 0 aliphatic carbocycles. The summed E-state index contributed by atoms with van der Waals surface area (Å²) in [5, 5.41) is 9.04. The topological polar surface area (TPSA) is 77.9 Å². The normalized spacial score (nSPS) is 17.3. The number of amides is 2. The third-order valence-corrected chi connectivity index (χ3v) is 4.17. The number of benzene rings is 1. The molecule has 0 spiro atoms. The molecule has 0 saturated heterocycles. The van der Waals surface area contributed by atoms with E-state index in [0.717, 1.165) is 11.1 Å². The molecular formula is C17H20N2O4. The second-order valence-corrected chi connectivity index (χ2v) is 5.61. The molecule has 23 heavy (non-hydrogen) atoms. The summed E-state index contributed by atoms with van der Waals surface area (Å²) in [5.74, 6) is -1.54. The lowest BCUT2D eigenvalue weighted by Gasteiger charge is -2.33. The lowest BCUT2D eigenvalue weighted by molar-refractivity contribution is -0.149. The zero-order chi connectivity index (χ0) is 17.1. The predicted octanol–water partition coefficient (Wildman–Crippen LogP) is 1.88. The molecule has 2 unspecified atom stereocenters. The standard InChI is InChI=1S/C17H20N2O4/c1-11(17(22)23)18(3)16(21)10-15-14-7-5-4-6-13(14)8-9-19(15)12(2)20/h4-9,11,15H,10H2,1-3H3,(H,22,23). The SMILES string of the molecule is CC(=O)N1C=Cc2ccccc2C1CC(=O)N(C)C(C)C(=O)O. The molecule has 1 aromatic carbocycles. The van der Waals surface area contributed by atoms with Crippen molar-refractivity contribution in [2.24, 2.45) is 0 Å². The van der Waals surface area contributed by atoms with Crippen LogP contribution < -0.4 is 0 Å². The minimum absolute atomic E-state index is 0.0368. The van der Waals surface area contributed by atoms with Gasteiger partial charge in [-0.3, -0.25) is 9.59 Å². The van der Waals surface area contributed by atoms with Crippen molar-refractivity contribution >= 4 is 23.9 Å². The van der Waals surface area contributed by atoms with E-state index in [1.54, 1.807) is 6.20 Å². The number of carbonyl (C=O) groups excluding carboxylic acids is 2. The van der Waals surface area contributed by atoms with Gasteiger partial charge in [-0.1, -0.05) is 24.3 Å². The van der Waals surface area contributed by atoms with E-state index in [4.69, 9.17) is 5.11 Å². The molecule has 2 atom stereocenters. The summed E-state index contributed by atoms with van der Waals surface area (Å²) in [6, 6.07) is 6.21. The Morgan fingerprint density at radius 1 is 1.30 bits per heavy atom.